The topological polar surface area (TPSA) is 35.2 Å². The van der Waals surface area contributed by atoms with Gasteiger partial charge in [0.1, 0.15) is 5.75 Å². The number of hydrogen-bond acceptors (Lipinski definition) is 2. The van der Waals surface area contributed by atoms with Crippen LogP contribution in [0.4, 0.5) is 0 Å². The average Bonchev–Trinajstić information content (AvgIpc) is 3.11. The van der Waals surface area contributed by atoms with E-state index < -0.39 is 0 Å². The zero-order chi connectivity index (χ0) is 13.8. The molecule has 0 saturated heterocycles. The van der Waals surface area contributed by atoms with E-state index in [0.29, 0.717) is 0 Å². The highest BCUT2D eigenvalue weighted by molar-refractivity contribution is 6.32. The SMILES string of the molecule is CCCc1cc(CC(C)N)cc(Cl)c1OCC1CC1.Cl. The minimum atomic E-state index is 0. The van der Waals surface area contributed by atoms with Crippen LogP contribution in [0, 0.1) is 5.92 Å². The Balaban J connectivity index is 0.00000200. The fourth-order valence-electron chi connectivity index (χ4n) is 2.30. The molecule has 0 aromatic heterocycles. The molecule has 1 aliphatic rings. The van der Waals surface area contributed by atoms with Crippen LogP contribution in [0.15, 0.2) is 12.1 Å². The first-order chi connectivity index (χ1) is 9.10. The van der Waals surface area contributed by atoms with Crippen LogP contribution >= 0.6 is 24.0 Å². The van der Waals surface area contributed by atoms with Crippen molar-refractivity contribution in [1.82, 2.24) is 0 Å². The Kier molecular flexibility index (Phi) is 7.14. The van der Waals surface area contributed by atoms with Gasteiger partial charge in [-0.25, -0.2) is 0 Å². The molecule has 1 fully saturated rings. The van der Waals surface area contributed by atoms with Crippen molar-refractivity contribution in [3.63, 3.8) is 0 Å². The van der Waals surface area contributed by atoms with Crippen molar-refractivity contribution >= 4 is 24.0 Å². The summed E-state index contributed by atoms with van der Waals surface area (Å²) >= 11 is 6.39. The van der Waals surface area contributed by atoms with Gasteiger partial charge in [0.15, 0.2) is 0 Å². The van der Waals surface area contributed by atoms with Crippen molar-refractivity contribution in [1.29, 1.82) is 0 Å². The second kappa shape index (κ2) is 8.11. The third-order valence-electron chi connectivity index (χ3n) is 3.42. The standard InChI is InChI=1S/C16H24ClNO.ClH/c1-3-4-14-8-13(7-11(2)18)9-15(17)16(14)19-10-12-5-6-12;/h8-9,11-12H,3-7,10,18H2,1-2H3;1H. The normalized spacial score (nSPS) is 15.6. The predicted molar refractivity (Wildman–Crippen MR) is 88.3 cm³/mol. The molecule has 0 bridgehead atoms. The van der Waals surface area contributed by atoms with Crippen LogP contribution in [0.1, 0.15) is 44.2 Å². The van der Waals surface area contributed by atoms with E-state index in [0.717, 1.165) is 42.6 Å². The van der Waals surface area contributed by atoms with E-state index in [4.69, 9.17) is 22.1 Å². The molecule has 1 aliphatic carbocycles. The Morgan fingerprint density at radius 2 is 2.10 bits per heavy atom. The van der Waals surface area contributed by atoms with Crippen LogP contribution < -0.4 is 10.5 Å². The quantitative estimate of drug-likeness (QED) is 0.809. The molecule has 114 valence electrons. The molecule has 1 saturated carbocycles. The van der Waals surface area contributed by atoms with E-state index in [9.17, 15) is 0 Å². The Hall–Kier alpha value is -0.440. The highest BCUT2D eigenvalue weighted by atomic mass is 35.5. The molecule has 0 aliphatic heterocycles. The maximum Gasteiger partial charge on any atom is 0.141 e. The molecule has 1 aromatic rings. The summed E-state index contributed by atoms with van der Waals surface area (Å²) in [6.45, 7) is 5.00. The van der Waals surface area contributed by atoms with E-state index in [1.54, 1.807) is 0 Å². The molecule has 2 nitrogen and oxygen atoms in total. The van der Waals surface area contributed by atoms with Crippen molar-refractivity contribution < 1.29 is 4.74 Å². The summed E-state index contributed by atoms with van der Waals surface area (Å²) in [7, 11) is 0. The second-order valence-corrected chi connectivity index (χ2v) is 6.16. The molecule has 20 heavy (non-hydrogen) atoms. The first kappa shape index (κ1) is 17.6. The molecule has 0 spiro atoms. The molecule has 2 N–H and O–H groups in total. The summed E-state index contributed by atoms with van der Waals surface area (Å²) in [5, 5.41) is 0.738. The Morgan fingerprint density at radius 3 is 2.65 bits per heavy atom. The van der Waals surface area contributed by atoms with Gasteiger partial charge in [-0.3, -0.25) is 0 Å². The number of halogens is 2. The van der Waals surface area contributed by atoms with Crippen molar-refractivity contribution in [2.45, 2.75) is 52.0 Å². The lowest BCUT2D eigenvalue weighted by Gasteiger charge is -2.15. The summed E-state index contributed by atoms with van der Waals surface area (Å²) < 4.78 is 5.94. The van der Waals surface area contributed by atoms with Gasteiger partial charge in [0.25, 0.3) is 0 Å². The maximum absolute atomic E-state index is 6.39. The maximum atomic E-state index is 6.39. The van der Waals surface area contributed by atoms with Gasteiger partial charge >= 0.3 is 0 Å². The summed E-state index contributed by atoms with van der Waals surface area (Å²) in [6, 6.07) is 4.37. The monoisotopic (exact) mass is 317 g/mol. The summed E-state index contributed by atoms with van der Waals surface area (Å²) in [6.07, 6.45) is 5.55. The van der Waals surface area contributed by atoms with Crippen LogP contribution in [0.5, 0.6) is 5.75 Å². The lowest BCUT2D eigenvalue weighted by Crippen LogP contribution is -2.18. The number of benzene rings is 1. The predicted octanol–water partition coefficient (Wildman–Crippen LogP) is 4.39. The highest BCUT2D eigenvalue weighted by Gasteiger charge is 2.23. The molecule has 4 heteroatoms. The first-order valence-electron chi connectivity index (χ1n) is 7.29. The van der Waals surface area contributed by atoms with Crippen molar-refractivity contribution in [3.05, 3.63) is 28.3 Å². The largest absolute Gasteiger partial charge is 0.491 e. The van der Waals surface area contributed by atoms with Gasteiger partial charge in [0.05, 0.1) is 11.6 Å². The highest BCUT2D eigenvalue weighted by Crippen LogP contribution is 2.35. The number of aryl methyl sites for hydroxylation is 1. The minimum Gasteiger partial charge on any atom is -0.491 e. The van der Waals surface area contributed by atoms with E-state index >= 15 is 0 Å². The van der Waals surface area contributed by atoms with Crippen molar-refractivity contribution in [2.24, 2.45) is 11.7 Å². The minimum absolute atomic E-state index is 0. The molecular formula is C16H25Cl2NO. The fourth-order valence-corrected chi connectivity index (χ4v) is 2.62. The van der Waals surface area contributed by atoms with Gasteiger partial charge in [-0.05, 0) is 55.7 Å². The van der Waals surface area contributed by atoms with E-state index in [1.807, 2.05) is 13.0 Å². The van der Waals surface area contributed by atoms with E-state index in [-0.39, 0.29) is 18.4 Å². The molecule has 1 aromatic carbocycles. The van der Waals surface area contributed by atoms with Crippen LogP contribution in [0.3, 0.4) is 0 Å². The fraction of sp³-hybridized carbons (Fsp3) is 0.625. The van der Waals surface area contributed by atoms with E-state index in [2.05, 4.69) is 13.0 Å². The Bertz CT molecular complexity index is 431. The molecule has 0 amide bonds. The summed E-state index contributed by atoms with van der Waals surface area (Å²) in [5.74, 6) is 1.64. The van der Waals surface area contributed by atoms with Crippen LogP contribution in [0.2, 0.25) is 5.02 Å². The number of nitrogens with two attached hydrogens (primary N) is 1. The van der Waals surface area contributed by atoms with Crippen molar-refractivity contribution in [2.75, 3.05) is 6.61 Å². The molecule has 1 atom stereocenters. The summed E-state index contributed by atoms with van der Waals surface area (Å²) in [4.78, 5) is 0. The smallest absolute Gasteiger partial charge is 0.141 e. The van der Waals surface area contributed by atoms with Gasteiger partial charge in [-0.15, -0.1) is 12.4 Å². The van der Waals surface area contributed by atoms with Gasteiger partial charge in [-0.1, -0.05) is 31.0 Å². The number of ether oxygens (including phenoxy) is 1. The van der Waals surface area contributed by atoms with Gasteiger partial charge in [0, 0.05) is 6.04 Å². The first-order valence-corrected chi connectivity index (χ1v) is 7.67. The molecule has 2 rings (SSSR count). The Morgan fingerprint density at radius 1 is 1.40 bits per heavy atom. The van der Waals surface area contributed by atoms with Crippen LogP contribution in [0.25, 0.3) is 0 Å². The summed E-state index contributed by atoms with van der Waals surface area (Å²) in [5.41, 5.74) is 8.31. The third-order valence-corrected chi connectivity index (χ3v) is 3.70. The van der Waals surface area contributed by atoms with Crippen molar-refractivity contribution in [3.8, 4) is 5.75 Å². The lowest BCUT2D eigenvalue weighted by molar-refractivity contribution is 0.297. The van der Waals surface area contributed by atoms with E-state index in [1.165, 1.54) is 24.0 Å². The number of rotatable bonds is 7. The van der Waals surface area contributed by atoms with Crippen LogP contribution in [-0.4, -0.2) is 12.6 Å². The lowest BCUT2D eigenvalue weighted by atomic mass is 10.0. The van der Waals surface area contributed by atoms with Crippen LogP contribution in [-0.2, 0) is 12.8 Å². The second-order valence-electron chi connectivity index (χ2n) is 5.75. The zero-order valence-electron chi connectivity index (χ0n) is 12.3. The molecular weight excluding hydrogens is 293 g/mol. The van der Waals surface area contributed by atoms with Gasteiger partial charge < -0.3 is 10.5 Å². The molecule has 0 heterocycles. The average molecular weight is 318 g/mol. The molecule has 1 unspecified atom stereocenters. The van der Waals surface area contributed by atoms with Gasteiger partial charge in [-0.2, -0.15) is 0 Å². The Labute approximate surface area is 133 Å². The number of hydrogen-bond donors (Lipinski definition) is 1. The third kappa shape index (κ3) is 5.16. The zero-order valence-corrected chi connectivity index (χ0v) is 13.9. The molecule has 0 radical (unpaired) electrons. The van der Waals surface area contributed by atoms with Gasteiger partial charge in [0.2, 0.25) is 0 Å².